The number of rotatable bonds is 4. The average Bonchev–Trinajstić information content (AvgIpc) is 3.31. The minimum atomic E-state index is 0. The molecule has 3 rings (SSSR count). The van der Waals surface area contributed by atoms with Crippen molar-refractivity contribution in [3.63, 3.8) is 0 Å². The molecule has 6 heteroatoms. The first kappa shape index (κ1) is 21.0. The number of amides is 1. The van der Waals surface area contributed by atoms with Crippen molar-refractivity contribution in [2.24, 2.45) is 10.9 Å². The van der Waals surface area contributed by atoms with Crippen molar-refractivity contribution in [3.05, 3.63) is 35.4 Å². The molecule has 5 nitrogen and oxygen atoms in total. The molecule has 1 aliphatic carbocycles. The van der Waals surface area contributed by atoms with Crippen LogP contribution in [-0.2, 0) is 11.3 Å². The second-order valence-electron chi connectivity index (χ2n) is 7.31. The van der Waals surface area contributed by atoms with Crippen molar-refractivity contribution >= 4 is 35.8 Å². The molecule has 144 valence electrons. The molecular weight excluding hydrogens is 439 g/mol. The van der Waals surface area contributed by atoms with Crippen LogP contribution in [0.4, 0.5) is 0 Å². The molecule has 1 atom stereocenters. The van der Waals surface area contributed by atoms with Gasteiger partial charge in [-0.2, -0.15) is 0 Å². The summed E-state index contributed by atoms with van der Waals surface area (Å²) in [5.74, 6) is 1.45. The second kappa shape index (κ2) is 10.1. The van der Waals surface area contributed by atoms with Crippen molar-refractivity contribution in [2.45, 2.75) is 51.6 Å². The maximum absolute atomic E-state index is 12.5. The number of halogens is 1. The fraction of sp³-hybridized carbons (Fsp3) is 0.600. The largest absolute Gasteiger partial charge is 0.352 e. The number of nitrogens with zero attached hydrogens (tertiary/aromatic N) is 2. The van der Waals surface area contributed by atoms with Crippen LogP contribution < -0.4 is 10.6 Å². The van der Waals surface area contributed by atoms with E-state index in [0.29, 0.717) is 5.91 Å². The molecule has 1 unspecified atom stereocenters. The predicted molar refractivity (Wildman–Crippen MR) is 117 cm³/mol. The van der Waals surface area contributed by atoms with Gasteiger partial charge in [0.05, 0.1) is 0 Å². The van der Waals surface area contributed by atoms with Crippen LogP contribution in [0.5, 0.6) is 0 Å². The minimum absolute atomic E-state index is 0. The smallest absolute Gasteiger partial charge is 0.225 e. The number of aliphatic imine (C=N–C) groups is 1. The van der Waals surface area contributed by atoms with Crippen molar-refractivity contribution in [3.8, 4) is 0 Å². The third-order valence-electron chi connectivity index (χ3n) is 5.35. The quantitative estimate of drug-likeness (QED) is 0.404. The molecule has 1 amide bonds. The molecule has 2 N–H and O–H groups in total. The van der Waals surface area contributed by atoms with Gasteiger partial charge in [-0.25, -0.2) is 0 Å². The lowest BCUT2D eigenvalue weighted by atomic mass is 10.1. The average molecular weight is 470 g/mol. The number of likely N-dealkylation sites (tertiary alicyclic amines) is 1. The van der Waals surface area contributed by atoms with Crippen LogP contribution >= 0.6 is 24.0 Å². The van der Waals surface area contributed by atoms with Gasteiger partial charge in [0.25, 0.3) is 0 Å². The van der Waals surface area contributed by atoms with Crippen molar-refractivity contribution in [1.29, 1.82) is 0 Å². The molecule has 26 heavy (non-hydrogen) atoms. The standard InChI is InChI=1S/C20H30N4O.HI/c1-15-7-9-16(10-8-15)13-22-20(21-2)23-18-11-12-24(14-18)19(25)17-5-3-4-6-17;/h7-10,17-18H,3-6,11-14H2,1-2H3,(H2,21,22,23);1H. The second-order valence-corrected chi connectivity index (χ2v) is 7.31. The zero-order valence-corrected chi connectivity index (χ0v) is 18.2. The summed E-state index contributed by atoms with van der Waals surface area (Å²) in [4.78, 5) is 18.9. The normalized spacial score (nSPS) is 20.8. The number of aryl methyl sites for hydroxylation is 1. The number of carbonyl (C=O) groups excluding carboxylic acids is 1. The third-order valence-corrected chi connectivity index (χ3v) is 5.35. The van der Waals surface area contributed by atoms with Gasteiger partial charge in [0.2, 0.25) is 5.91 Å². The summed E-state index contributed by atoms with van der Waals surface area (Å²) in [6.45, 7) is 4.50. The van der Waals surface area contributed by atoms with Crippen LogP contribution in [0.15, 0.2) is 29.3 Å². The van der Waals surface area contributed by atoms with Gasteiger partial charge < -0.3 is 15.5 Å². The van der Waals surface area contributed by atoms with Gasteiger partial charge in [-0.15, -0.1) is 24.0 Å². The minimum Gasteiger partial charge on any atom is -0.352 e. The maximum Gasteiger partial charge on any atom is 0.225 e. The molecule has 1 saturated heterocycles. The third kappa shape index (κ3) is 5.59. The van der Waals surface area contributed by atoms with E-state index in [-0.39, 0.29) is 35.9 Å². The van der Waals surface area contributed by atoms with Crippen molar-refractivity contribution in [1.82, 2.24) is 15.5 Å². The van der Waals surface area contributed by atoms with Gasteiger partial charge in [-0.3, -0.25) is 9.79 Å². The number of hydrogen-bond donors (Lipinski definition) is 2. The highest BCUT2D eigenvalue weighted by atomic mass is 127. The van der Waals surface area contributed by atoms with E-state index < -0.39 is 0 Å². The van der Waals surface area contributed by atoms with Crippen LogP contribution in [0.25, 0.3) is 0 Å². The zero-order valence-electron chi connectivity index (χ0n) is 15.8. The Hall–Kier alpha value is -1.31. The summed E-state index contributed by atoms with van der Waals surface area (Å²) in [7, 11) is 1.79. The van der Waals surface area contributed by atoms with E-state index in [1.54, 1.807) is 7.05 Å². The lowest BCUT2D eigenvalue weighted by molar-refractivity contribution is -0.134. The number of hydrogen-bond acceptors (Lipinski definition) is 2. The van der Waals surface area contributed by atoms with Gasteiger partial charge >= 0.3 is 0 Å². The molecule has 0 spiro atoms. The molecule has 1 aromatic rings. The van der Waals surface area contributed by atoms with Gasteiger partial charge in [0, 0.05) is 38.6 Å². The van der Waals surface area contributed by atoms with Gasteiger partial charge in [-0.05, 0) is 31.7 Å². The van der Waals surface area contributed by atoms with E-state index in [2.05, 4.69) is 46.8 Å². The predicted octanol–water partition coefficient (Wildman–Crippen LogP) is 3.07. The number of carbonyl (C=O) groups is 1. The van der Waals surface area contributed by atoms with E-state index in [1.807, 2.05) is 4.90 Å². The molecule has 2 fully saturated rings. The first-order valence-electron chi connectivity index (χ1n) is 9.47. The van der Waals surface area contributed by atoms with E-state index >= 15 is 0 Å². The zero-order chi connectivity index (χ0) is 17.6. The fourth-order valence-corrected chi connectivity index (χ4v) is 3.79. The number of benzene rings is 1. The molecule has 1 heterocycles. The Morgan fingerprint density at radius 1 is 1.19 bits per heavy atom. The summed E-state index contributed by atoms with van der Waals surface area (Å²) in [6.07, 6.45) is 5.56. The van der Waals surface area contributed by atoms with Crippen LogP contribution in [-0.4, -0.2) is 42.9 Å². The summed E-state index contributed by atoms with van der Waals surface area (Å²) >= 11 is 0. The topological polar surface area (TPSA) is 56.7 Å². The Morgan fingerprint density at radius 2 is 1.88 bits per heavy atom. The van der Waals surface area contributed by atoms with Crippen LogP contribution in [0.1, 0.15) is 43.2 Å². The Labute approximate surface area is 174 Å². The molecule has 0 aromatic heterocycles. The maximum atomic E-state index is 12.5. The Kier molecular flexibility index (Phi) is 8.18. The summed E-state index contributed by atoms with van der Waals surface area (Å²) in [6, 6.07) is 8.79. The summed E-state index contributed by atoms with van der Waals surface area (Å²) in [5, 5.41) is 6.83. The van der Waals surface area contributed by atoms with Gasteiger partial charge in [-0.1, -0.05) is 42.7 Å². The summed E-state index contributed by atoms with van der Waals surface area (Å²) < 4.78 is 0. The van der Waals surface area contributed by atoms with E-state index in [9.17, 15) is 4.79 Å². The first-order valence-corrected chi connectivity index (χ1v) is 9.47. The highest BCUT2D eigenvalue weighted by Gasteiger charge is 2.32. The number of guanidine groups is 1. The molecule has 1 saturated carbocycles. The Morgan fingerprint density at radius 3 is 2.54 bits per heavy atom. The fourth-order valence-electron chi connectivity index (χ4n) is 3.79. The number of nitrogens with one attached hydrogen (secondary N) is 2. The van der Waals surface area contributed by atoms with Crippen molar-refractivity contribution in [2.75, 3.05) is 20.1 Å². The molecule has 1 aromatic carbocycles. The van der Waals surface area contributed by atoms with E-state index in [1.165, 1.54) is 24.0 Å². The van der Waals surface area contributed by atoms with Gasteiger partial charge in [0.1, 0.15) is 0 Å². The van der Waals surface area contributed by atoms with Crippen LogP contribution in [0.3, 0.4) is 0 Å². The molecule has 1 aliphatic heterocycles. The van der Waals surface area contributed by atoms with E-state index in [0.717, 1.165) is 44.9 Å². The van der Waals surface area contributed by atoms with Crippen LogP contribution in [0.2, 0.25) is 0 Å². The van der Waals surface area contributed by atoms with Gasteiger partial charge in [0.15, 0.2) is 5.96 Å². The summed E-state index contributed by atoms with van der Waals surface area (Å²) in [5.41, 5.74) is 2.50. The highest BCUT2D eigenvalue weighted by Crippen LogP contribution is 2.27. The Balaban J connectivity index is 0.00000243. The molecule has 0 radical (unpaired) electrons. The molecular formula is C20H31IN4O. The molecule has 2 aliphatic rings. The SMILES string of the molecule is CN=C(NCc1ccc(C)cc1)NC1CCN(C(=O)C2CCCC2)C1.I. The van der Waals surface area contributed by atoms with Crippen LogP contribution in [0, 0.1) is 12.8 Å². The lowest BCUT2D eigenvalue weighted by Crippen LogP contribution is -2.45. The highest BCUT2D eigenvalue weighted by molar-refractivity contribution is 14.0. The lowest BCUT2D eigenvalue weighted by Gasteiger charge is -2.21. The van der Waals surface area contributed by atoms with Crippen molar-refractivity contribution < 1.29 is 4.79 Å². The first-order chi connectivity index (χ1) is 12.2. The Bertz CT molecular complexity index is 611. The monoisotopic (exact) mass is 470 g/mol. The van der Waals surface area contributed by atoms with E-state index in [4.69, 9.17) is 0 Å². The molecule has 0 bridgehead atoms.